The molecule has 4 heteroatoms. The first-order valence-electron chi connectivity index (χ1n) is 5.88. The molecule has 0 saturated carbocycles. The van der Waals surface area contributed by atoms with Gasteiger partial charge in [0.05, 0.1) is 0 Å². The molecule has 1 aromatic carbocycles. The summed E-state index contributed by atoms with van der Waals surface area (Å²) in [6.07, 6.45) is 0.819. The van der Waals surface area contributed by atoms with Crippen LogP contribution in [0.5, 0.6) is 0 Å². The highest BCUT2D eigenvalue weighted by Crippen LogP contribution is 2.26. The van der Waals surface area contributed by atoms with Crippen LogP contribution in [0.1, 0.15) is 12.6 Å². The fraction of sp³-hybridized carbons (Fsp3) is 0.143. The van der Waals surface area contributed by atoms with Gasteiger partial charge in [0.15, 0.2) is 11.6 Å². The van der Waals surface area contributed by atoms with E-state index in [9.17, 15) is 0 Å². The molecule has 0 aliphatic carbocycles. The third-order valence-electron chi connectivity index (χ3n) is 2.81. The number of hydrogen-bond donors (Lipinski definition) is 1. The van der Waals surface area contributed by atoms with Crippen LogP contribution in [0.4, 0.5) is 5.82 Å². The number of fused-ring (bicyclic) bond motifs is 1. The minimum absolute atomic E-state index is 0.470. The van der Waals surface area contributed by atoms with Crippen LogP contribution < -0.4 is 5.73 Å². The van der Waals surface area contributed by atoms with Crippen molar-refractivity contribution in [2.75, 3.05) is 5.73 Å². The van der Waals surface area contributed by atoms with Crippen molar-refractivity contribution in [2.45, 2.75) is 13.3 Å². The summed E-state index contributed by atoms with van der Waals surface area (Å²) in [5.74, 6) is 1.67. The maximum Gasteiger partial charge on any atom is 0.197 e. The van der Waals surface area contributed by atoms with Crippen molar-refractivity contribution >= 4 is 16.8 Å². The molecule has 0 amide bonds. The maximum atomic E-state index is 5.77. The number of nitrogens with two attached hydrogens (primary N) is 1. The van der Waals surface area contributed by atoms with Crippen molar-refractivity contribution in [1.82, 2.24) is 9.97 Å². The van der Waals surface area contributed by atoms with Crippen LogP contribution in [0.25, 0.3) is 22.6 Å². The number of furan rings is 1. The summed E-state index contributed by atoms with van der Waals surface area (Å²) in [6.45, 7) is 2.03. The molecule has 0 atom stereocenters. The maximum absolute atomic E-state index is 5.77. The lowest BCUT2D eigenvalue weighted by Gasteiger charge is -2.01. The summed E-state index contributed by atoms with van der Waals surface area (Å²) in [6, 6.07) is 11.5. The molecule has 0 fully saturated rings. The van der Waals surface area contributed by atoms with Crippen LogP contribution in [-0.2, 0) is 6.42 Å². The molecule has 0 aliphatic heterocycles. The largest absolute Gasteiger partial charge is 0.453 e. The van der Waals surface area contributed by atoms with E-state index in [1.165, 1.54) is 0 Å². The number of hydrogen-bond acceptors (Lipinski definition) is 4. The first-order chi connectivity index (χ1) is 8.76. The number of benzene rings is 1. The van der Waals surface area contributed by atoms with Gasteiger partial charge in [-0.15, -0.1) is 0 Å². The first kappa shape index (κ1) is 10.8. The van der Waals surface area contributed by atoms with Gasteiger partial charge in [-0.1, -0.05) is 25.1 Å². The zero-order chi connectivity index (χ0) is 12.5. The summed E-state index contributed by atoms with van der Waals surface area (Å²) in [5.41, 5.74) is 7.52. The second-order valence-electron chi connectivity index (χ2n) is 4.11. The average molecular weight is 239 g/mol. The number of rotatable bonds is 2. The Morgan fingerprint density at radius 3 is 2.78 bits per heavy atom. The van der Waals surface area contributed by atoms with Gasteiger partial charge in [-0.25, -0.2) is 9.97 Å². The Labute approximate surface area is 104 Å². The van der Waals surface area contributed by atoms with Gasteiger partial charge in [-0.2, -0.15) is 0 Å². The molecule has 0 saturated heterocycles. The third-order valence-corrected chi connectivity index (χ3v) is 2.81. The predicted octanol–water partition coefficient (Wildman–Crippen LogP) is 3.03. The van der Waals surface area contributed by atoms with Crippen molar-refractivity contribution in [3.63, 3.8) is 0 Å². The third kappa shape index (κ3) is 1.82. The molecular weight excluding hydrogens is 226 g/mol. The zero-order valence-electron chi connectivity index (χ0n) is 10.1. The number of aromatic nitrogens is 2. The quantitative estimate of drug-likeness (QED) is 0.746. The Hall–Kier alpha value is -2.36. The first-order valence-corrected chi connectivity index (χ1v) is 5.88. The average Bonchev–Trinajstić information content (AvgIpc) is 2.81. The molecule has 4 nitrogen and oxygen atoms in total. The van der Waals surface area contributed by atoms with Crippen LogP contribution >= 0.6 is 0 Å². The molecule has 90 valence electrons. The summed E-state index contributed by atoms with van der Waals surface area (Å²) in [4.78, 5) is 8.65. The monoisotopic (exact) mass is 239 g/mol. The topological polar surface area (TPSA) is 64.9 Å². The standard InChI is InChI=1S/C14H13N3O/c1-2-10-8-13(15)17-14(16-10)12-7-9-5-3-4-6-11(9)18-12/h3-8H,2H2,1H3,(H2,15,16,17). The van der Waals surface area contributed by atoms with Crippen molar-refractivity contribution in [2.24, 2.45) is 0 Å². The fourth-order valence-corrected chi connectivity index (χ4v) is 1.90. The van der Waals surface area contributed by atoms with Gasteiger partial charge in [0.2, 0.25) is 0 Å². The van der Waals surface area contributed by atoms with Gasteiger partial charge in [-0.05, 0) is 18.6 Å². The number of nitrogens with zero attached hydrogens (tertiary/aromatic N) is 2. The van der Waals surface area contributed by atoms with E-state index in [1.807, 2.05) is 37.3 Å². The van der Waals surface area contributed by atoms with E-state index in [0.29, 0.717) is 17.4 Å². The van der Waals surface area contributed by atoms with Crippen LogP contribution in [0.2, 0.25) is 0 Å². The summed E-state index contributed by atoms with van der Waals surface area (Å²) < 4.78 is 5.73. The van der Waals surface area contributed by atoms with E-state index >= 15 is 0 Å². The predicted molar refractivity (Wildman–Crippen MR) is 71.0 cm³/mol. The van der Waals surface area contributed by atoms with Gasteiger partial charge < -0.3 is 10.2 Å². The number of aryl methyl sites for hydroxylation is 1. The highest BCUT2D eigenvalue weighted by Gasteiger charge is 2.10. The van der Waals surface area contributed by atoms with Crippen LogP contribution in [0, 0.1) is 0 Å². The lowest BCUT2D eigenvalue weighted by atomic mass is 10.2. The van der Waals surface area contributed by atoms with E-state index in [0.717, 1.165) is 23.1 Å². The Morgan fingerprint density at radius 2 is 2.00 bits per heavy atom. The van der Waals surface area contributed by atoms with Crippen LogP contribution in [0.3, 0.4) is 0 Å². The van der Waals surface area contributed by atoms with E-state index in [1.54, 1.807) is 6.07 Å². The molecule has 3 rings (SSSR count). The van der Waals surface area contributed by atoms with Crippen molar-refractivity contribution in [3.8, 4) is 11.6 Å². The van der Waals surface area contributed by atoms with Gasteiger partial charge in [0.25, 0.3) is 0 Å². The van der Waals surface area contributed by atoms with E-state index in [-0.39, 0.29) is 0 Å². The molecule has 0 radical (unpaired) electrons. The highest BCUT2D eigenvalue weighted by atomic mass is 16.3. The van der Waals surface area contributed by atoms with Crippen LogP contribution in [-0.4, -0.2) is 9.97 Å². The molecule has 0 spiro atoms. The zero-order valence-corrected chi connectivity index (χ0v) is 10.1. The van der Waals surface area contributed by atoms with Crippen molar-refractivity contribution < 1.29 is 4.42 Å². The second-order valence-corrected chi connectivity index (χ2v) is 4.11. The Balaban J connectivity index is 2.16. The second kappa shape index (κ2) is 4.14. The number of anilines is 1. The molecule has 0 unspecified atom stereocenters. The lowest BCUT2D eigenvalue weighted by Crippen LogP contribution is -1.98. The molecule has 0 aliphatic rings. The minimum Gasteiger partial charge on any atom is -0.453 e. The molecule has 2 N–H and O–H groups in total. The minimum atomic E-state index is 0.470. The molecule has 18 heavy (non-hydrogen) atoms. The highest BCUT2D eigenvalue weighted by molar-refractivity contribution is 5.81. The van der Waals surface area contributed by atoms with Crippen LogP contribution in [0.15, 0.2) is 40.8 Å². The fourth-order valence-electron chi connectivity index (χ4n) is 1.90. The summed E-state index contributed by atoms with van der Waals surface area (Å²) >= 11 is 0. The van der Waals surface area contributed by atoms with E-state index in [4.69, 9.17) is 10.2 Å². The Kier molecular flexibility index (Phi) is 2.48. The van der Waals surface area contributed by atoms with Crippen molar-refractivity contribution in [1.29, 1.82) is 0 Å². The molecule has 0 bridgehead atoms. The molecule has 2 aromatic heterocycles. The van der Waals surface area contributed by atoms with Crippen molar-refractivity contribution in [3.05, 3.63) is 42.1 Å². The van der Waals surface area contributed by atoms with Gasteiger partial charge >= 0.3 is 0 Å². The van der Waals surface area contributed by atoms with Gasteiger partial charge in [0.1, 0.15) is 11.4 Å². The summed E-state index contributed by atoms with van der Waals surface area (Å²) in [5, 5.41) is 1.04. The smallest absolute Gasteiger partial charge is 0.197 e. The Morgan fingerprint density at radius 1 is 1.17 bits per heavy atom. The lowest BCUT2D eigenvalue weighted by molar-refractivity contribution is 0.624. The normalized spacial score (nSPS) is 10.9. The van der Waals surface area contributed by atoms with Gasteiger partial charge in [-0.3, -0.25) is 0 Å². The Bertz CT molecular complexity index is 670. The number of para-hydroxylation sites is 1. The summed E-state index contributed by atoms with van der Waals surface area (Å²) in [7, 11) is 0. The molecular formula is C14H13N3O. The number of nitrogen functional groups attached to an aromatic ring is 1. The van der Waals surface area contributed by atoms with Gasteiger partial charge in [0, 0.05) is 17.1 Å². The SMILES string of the molecule is CCc1cc(N)nc(-c2cc3ccccc3o2)n1. The van der Waals surface area contributed by atoms with E-state index in [2.05, 4.69) is 9.97 Å². The molecule has 3 aromatic rings. The van der Waals surface area contributed by atoms with E-state index < -0.39 is 0 Å². The molecule has 2 heterocycles.